The minimum atomic E-state index is -4.26. The Hall–Kier alpha value is -1.71. The van der Waals surface area contributed by atoms with Gasteiger partial charge in [-0.25, -0.2) is 25.6 Å². The molecule has 0 N–H and O–H groups in total. The van der Waals surface area contributed by atoms with Crippen molar-refractivity contribution in [2.75, 3.05) is 16.3 Å². The zero-order chi connectivity index (χ0) is 21.1. The van der Waals surface area contributed by atoms with Gasteiger partial charge >= 0.3 is 0 Å². The van der Waals surface area contributed by atoms with E-state index < -0.39 is 43.2 Å². The Bertz CT molecular complexity index is 1040. The van der Waals surface area contributed by atoms with Gasteiger partial charge in [-0.05, 0) is 56.2 Å². The second-order valence-electron chi connectivity index (χ2n) is 6.47. The molecule has 28 heavy (non-hydrogen) atoms. The van der Waals surface area contributed by atoms with Gasteiger partial charge in [-0.15, -0.1) is 0 Å². The lowest BCUT2D eigenvalue weighted by Gasteiger charge is -2.31. The van der Waals surface area contributed by atoms with E-state index in [0.29, 0.717) is 5.02 Å². The summed E-state index contributed by atoms with van der Waals surface area (Å²) in [6.45, 7) is 1.51. The van der Waals surface area contributed by atoms with Gasteiger partial charge in [0.1, 0.15) is 21.5 Å². The van der Waals surface area contributed by atoms with E-state index in [9.17, 15) is 25.6 Å². The summed E-state index contributed by atoms with van der Waals surface area (Å²) in [4.78, 5) is -0.143. The second-order valence-corrected chi connectivity index (χ2v) is 11.0. The largest absolute Gasteiger partial charge is 0.264 e. The van der Waals surface area contributed by atoms with Crippen LogP contribution in [-0.2, 0) is 19.9 Å². The van der Waals surface area contributed by atoms with Crippen LogP contribution in [0.25, 0.3) is 0 Å². The number of benzene rings is 2. The van der Waals surface area contributed by atoms with Crippen molar-refractivity contribution in [2.45, 2.75) is 30.7 Å². The van der Waals surface area contributed by atoms with Crippen LogP contribution in [0.5, 0.6) is 0 Å². The molecule has 0 aromatic heterocycles. The molecule has 0 radical (unpaired) electrons. The van der Waals surface area contributed by atoms with Crippen molar-refractivity contribution in [3.05, 3.63) is 59.1 Å². The molecule has 5 nitrogen and oxygen atoms in total. The fourth-order valence-corrected chi connectivity index (χ4v) is 5.24. The number of hydrogen-bond acceptors (Lipinski definition) is 4. The first-order valence-electron chi connectivity index (χ1n) is 8.34. The van der Waals surface area contributed by atoms with Crippen molar-refractivity contribution < 1.29 is 25.6 Å². The lowest BCUT2D eigenvalue weighted by Crippen LogP contribution is -2.39. The van der Waals surface area contributed by atoms with Crippen LogP contribution >= 0.6 is 11.6 Å². The van der Waals surface area contributed by atoms with E-state index in [2.05, 4.69) is 0 Å². The summed E-state index contributed by atoms with van der Waals surface area (Å²) in [6, 6.07) is 7.01. The Morgan fingerprint density at radius 3 is 2.21 bits per heavy atom. The lowest BCUT2D eigenvalue weighted by atomic mass is 10.2. The molecule has 0 saturated heterocycles. The molecule has 0 aliphatic heterocycles. The van der Waals surface area contributed by atoms with Gasteiger partial charge in [-0.2, -0.15) is 0 Å². The van der Waals surface area contributed by atoms with Gasteiger partial charge in [0.05, 0.1) is 10.6 Å². The monoisotopic (exact) mass is 451 g/mol. The minimum absolute atomic E-state index is 0.135. The topological polar surface area (TPSA) is 71.5 Å². The van der Waals surface area contributed by atoms with E-state index >= 15 is 0 Å². The summed E-state index contributed by atoms with van der Waals surface area (Å²) >= 11 is 5.80. The third-order valence-electron chi connectivity index (χ3n) is 4.05. The number of hydrogen-bond donors (Lipinski definition) is 0. The zero-order valence-corrected chi connectivity index (χ0v) is 17.7. The molecule has 0 saturated carbocycles. The molecule has 154 valence electrons. The third-order valence-corrected chi connectivity index (χ3v) is 7.28. The summed E-state index contributed by atoms with van der Waals surface area (Å²) in [5, 5.41) is 0.323. The van der Waals surface area contributed by atoms with Gasteiger partial charge in [-0.3, -0.25) is 4.31 Å². The number of nitrogens with zero attached hydrogens (tertiary/aromatic N) is 1. The number of rotatable bonds is 8. The highest BCUT2D eigenvalue weighted by molar-refractivity contribution is 7.93. The zero-order valence-electron chi connectivity index (χ0n) is 15.3. The van der Waals surface area contributed by atoms with Crippen LogP contribution < -0.4 is 4.31 Å². The number of anilines is 1. The Morgan fingerprint density at radius 1 is 1.04 bits per heavy atom. The van der Waals surface area contributed by atoms with Gasteiger partial charge in [0.2, 0.25) is 0 Å². The van der Waals surface area contributed by atoms with Gasteiger partial charge in [0.15, 0.2) is 0 Å². The highest BCUT2D eigenvalue weighted by Crippen LogP contribution is 2.31. The van der Waals surface area contributed by atoms with E-state index in [4.69, 9.17) is 11.6 Å². The van der Waals surface area contributed by atoms with Crippen LogP contribution in [0.15, 0.2) is 47.4 Å². The second kappa shape index (κ2) is 8.75. The van der Waals surface area contributed by atoms with Crippen molar-refractivity contribution in [3.63, 3.8) is 0 Å². The molecule has 0 amide bonds. The van der Waals surface area contributed by atoms with E-state index in [0.717, 1.165) is 28.8 Å². The molecule has 2 aromatic rings. The molecule has 2 aromatic carbocycles. The van der Waals surface area contributed by atoms with E-state index in [1.165, 1.54) is 31.2 Å². The normalized spacial score (nSPS) is 13.3. The van der Waals surface area contributed by atoms with E-state index in [-0.39, 0.29) is 23.5 Å². The molecule has 0 unspecified atom stereocenters. The Balaban J connectivity index is 2.49. The molecule has 1 atom stereocenters. The standard InChI is InChI=1S/C18H20ClF2NO4S2/c1-13(4-3-11-27(2,23)24)22(18-12-15(20)7-10-17(18)21)28(25,26)16-8-5-14(19)6-9-16/h5-10,12-13H,3-4,11H2,1-2H3/t13-/m1/s1. The van der Waals surface area contributed by atoms with Crippen LogP contribution in [0, 0.1) is 11.6 Å². The fourth-order valence-electron chi connectivity index (χ4n) is 2.74. The molecule has 10 heteroatoms. The first kappa shape index (κ1) is 22.6. The van der Waals surface area contributed by atoms with Gasteiger partial charge in [-0.1, -0.05) is 11.6 Å². The Labute approximate surface area is 168 Å². The van der Waals surface area contributed by atoms with Crippen molar-refractivity contribution in [1.82, 2.24) is 0 Å². The Kier molecular flexibility index (Phi) is 7.06. The Morgan fingerprint density at radius 2 is 1.64 bits per heavy atom. The third kappa shape index (κ3) is 5.65. The summed E-state index contributed by atoms with van der Waals surface area (Å²) in [6.07, 6.45) is 1.38. The van der Waals surface area contributed by atoms with Crippen molar-refractivity contribution in [1.29, 1.82) is 0 Å². The summed E-state index contributed by atoms with van der Waals surface area (Å²) < 4.78 is 78.0. The molecule has 0 aliphatic carbocycles. The predicted molar refractivity (Wildman–Crippen MR) is 106 cm³/mol. The summed E-state index contributed by atoms with van der Waals surface area (Å²) in [5.74, 6) is -1.84. The van der Waals surface area contributed by atoms with Gasteiger partial charge in [0, 0.05) is 29.1 Å². The quantitative estimate of drug-likeness (QED) is 0.607. The smallest absolute Gasteiger partial charge is 0.260 e. The van der Waals surface area contributed by atoms with E-state index in [1.807, 2.05) is 0 Å². The van der Waals surface area contributed by atoms with Crippen molar-refractivity contribution >= 4 is 37.1 Å². The summed E-state index contributed by atoms with van der Waals surface area (Å²) in [7, 11) is -7.49. The average Bonchev–Trinajstić information content (AvgIpc) is 2.57. The number of sulfone groups is 1. The molecule has 2 rings (SSSR count). The maximum absolute atomic E-state index is 14.4. The molecular weight excluding hydrogens is 432 g/mol. The van der Waals surface area contributed by atoms with Crippen molar-refractivity contribution in [3.8, 4) is 0 Å². The minimum Gasteiger partial charge on any atom is -0.260 e. The van der Waals surface area contributed by atoms with Crippen LogP contribution in [0.4, 0.5) is 14.5 Å². The maximum atomic E-state index is 14.4. The molecule has 0 aliphatic rings. The SMILES string of the molecule is C[C@H](CCCS(C)(=O)=O)N(c1cc(F)ccc1F)S(=O)(=O)c1ccc(Cl)cc1. The number of sulfonamides is 1. The van der Waals surface area contributed by atoms with Crippen LogP contribution in [-0.4, -0.2) is 34.9 Å². The molecule has 0 bridgehead atoms. The van der Waals surface area contributed by atoms with Crippen molar-refractivity contribution in [2.24, 2.45) is 0 Å². The van der Waals surface area contributed by atoms with Gasteiger partial charge < -0.3 is 0 Å². The maximum Gasteiger partial charge on any atom is 0.264 e. The molecule has 0 heterocycles. The molecule has 0 fully saturated rings. The predicted octanol–water partition coefficient (Wildman–Crippen LogP) is 4.03. The lowest BCUT2D eigenvalue weighted by molar-refractivity contribution is 0.554. The summed E-state index contributed by atoms with van der Waals surface area (Å²) in [5.41, 5.74) is -0.443. The average molecular weight is 452 g/mol. The first-order valence-corrected chi connectivity index (χ1v) is 12.2. The fraction of sp³-hybridized carbons (Fsp3) is 0.333. The molecule has 0 spiro atoms. The van der Waals surface area contributed by atoms with Gasteiger partial charge in [0.25, 0.3) is 10.0 Å². The first-order chi connectivity index (χ1) is 12.9. The van der Waals surface area contributed by atoms with Crippen LogP contribution in [0.2, 0.25) is 5.02 Å². The van der Waals surface area contributed by atoms with Crippen LogP contribution in [0.1, 0.15) is 19.8 Å². The highest BCUT2D eigenvalue weighted by Gasteiger charge is 2.31. The molecular formula is C18H20ClF2NO4S2. The van der Waals surface area contributed by atoms with E-state index in [1.54, 1.807) is 0 Å². The highest BCUT2D eigenvalue weighted by atomic mass is 35.5. The van der Waals surface area contributed by atoms with Crippen LogP contribution in [0.3, 0.4) is 0 Å². The number of halogens is 3.